The summed E-state index contributed by atoms with van der Waals surface area (Å²) in [4.78, 5) is 0. The minimum absolute atomic E-state index is 0. The number of hydrogen-bond acceptors (Lipinski definition) is 3. The highest BCUT2D eigenvalue weighted by molar-refractivity contribution is 7.89. The summed E-state index contributed by atoms with van der Waals surface area (Å²) in [6, 6.07) is 9.98. The minimum atomic E-state index is -3.39. The van der Waals surface area contributed by atoms with Gasteiger partial charge in [-0.2, -0.15) is 0 Å². The second kappa shape index (κ2) is 5.82. The van der Waals surface area contributed by atoms with E-state index < -0.39 is 10.0 Å². The highest BCUT2D eigenvalue weighted by Crippen LogP contribution is 2.28. The van der Waals surface area contributed by atoms with Gasteiger partial charge in [0.05, 0.1) is 5.75 Å². The van der Waals surface area contributed by atoms with E-state index in [2.05, 4.69) is 5.32 Å². The molecule has 0 bridgehead atoms. The summed E-state index contributed by atoms with van der Waals surface area (Å²) in [5, 5.41) is 8.32. The monoisotopic (exact) mass is 276 g/mol. The normalized spacial score (nSPS) is 24.3. The zero-order chi connectivity index (χ0) is 11.6. The Balaban J connectivity index is 0.00000144. The van der Waals surface area contributed by atoms with Crippen molar-refractivity contribution in [2.45, 2.75) is 5.92 Å². The molecular weight excluding hydrogens is 260 g/mol. The lowest BCUT2D eigenvalue weighted by Gasteiger charge is -2.17. The van der Waals surface area contributed by atoms with E-state index in [1.54, 1.807) is 0 Å². The highest BCUT2D eigenvalue weighted by atomic mass is 35.5. The zero-order valence-corrected chi connectivity index (χ0v) is 11.0. The fourth-order valence-corrected chi connectivity index (χ4v) is 3.24. The molecule has 0 spiro atoms. The van der Waals surface area contributed by atoms with Crippen molar-refractivity contribution in [2.75, 3.05) is 18.8 Å². The molecule has 0 aliphatic carbocycles. The van der Waals surface area contributed by atoms with Crippen LogP contribution in [0.5, 0.6) is 0 Å². The predicted octanol–water partition coefficient (Wildman–Crippen LogP) is 0.700. The third-order valence-electron chi connectivity index (χ3n) is 3.01. The largest absolute Gasteiger partial charge is 0.316 e. The van der Waals surface area contributed by atoms with Gasteiger partial charge in [-0.15, -0.1) is 12.4 Å². The van der Waals surface area contributed by atoms with Crippen molar-refractivity contribution < 1.29 is 8.42 Å². The Hall–Kier alpha value is -0.620. The van der Waals surface area contributed by atoms with Crippen molar-refractivity contribution in [2.24, 2.45) is 11.1 Å². The highest BCUT2D eigenvalue weighted by Gasteiger charge is 2.30. The Morgan fingerprint density at radius 3 is 2.47 bits per heavy atom. The number of rotatable bonds is 3. The quantitative estimate of drug-likeness (QED) is 0.854. The van der Waals surface area contributed by atoms with Gasteiger partial charge in [0.15, 0.2) is 0 Å². The van der Waals surface area contributed by atoms with Crippen LogP contribution in [0.2, 0.25) is 0 Å². The SMILES string of the molecule is Cl.NS(=O)(=O)CC1CNCC1c1ccccc1. The molecule has 1 aromatic carbocycles. The molecular formula is C11H17ClN2O2S. The molecule has 3 N–H and O–H groups in total. The second-order valence-corrected chi connectivity index (χ2v) is 5.92. The summed E-state index contributed by atoms with van der Waals surface area (Å²) in [5.41, 5.74) is 1.18. The van der Waals surface area contributed by atoms with Crippen LogP contribution in [0.3, 0.4) is 0 Å². The number of hydrogen-bond donors (Lipinski definition) is 2. The van der Waals surface area contributed by atoms with Gasteiger partial charge in [0.2, 0.25) is 10.0 Å². The van der Waals surface area contributed by atoms with E-state index in [1.165, 1.54) is 5.56 Å². The summed E-state index contributed by atoms with van der Waals surface area (Å²) >= 11 is 0. The van der Waals surface area contributed by atoms with Crippen molar-refractivity contribution in [3.05, 3.63) is 35.9 Å². The van der Waals surface area contributed by atoms with Crippen LogP contribution in [0, 0.1) is 5.92 Å². The molecule has 1 saturated heterocycles. The van der Waals surface area contributed by atoms with Crippen molar-refractivity contribution in [1.82, 2.24) is 5.32 Å². The molecule has 1 fully saturated rings. The molecule has 96 valence electrons. The van der Waals surface area contributed by atoms with E-state index in [0.717, 1.165) is 13.1 Å². The number of sulfonamides is 1. The zero-order valence-electron chi connectivity index (χ0n) is 9.37. The fraction of sp³-hybridized carbons (Fsp3) is 0.455. The summed E-state index contributed by atoms with van der Waals surface area (Å²) in [6.07, 6.45) is 0. The molecule has 0 amide bonds. The van der Waals surface area contributed by atoms with Crippen LogP contribution in [-0.2, 0) is 10.0 Å². The summed E-state index contributed by atoms with van der Waals surface area (Å²) < 4.78 is 22.2. The summed E-state index contributed by atoms with van der Waals surface area (Å²) in [5.74, 6) is 0.386. The Bertz CT molecular complexity index is 450. The van der Waals surface area contributed by atoms with Crippen molar-refractivity contribution in [3.63, 3.8) is 0 Å². The molecule has 1 aliphatic heterocycles. The van der Waals surface area contributed by atoms with Crippen LogP contribution in [-0.4, -0.2) is 27.3 Å². The van der Waals surface area contributed by atoms with E-state index in [1.807, 2.05) is 30.3 Å². The summed E-state index contributed by atoms with van der Waals surface area (Å²) in [6.45, 7) is 1.54. The topological polar surface area (TPSA) is 72.2 Å². The third-order valence-corrected chi connectivity index (χ3v) is 3.91. The van der Waals surface area contributed by atoms with Crippen molar-refractivity contribution in [3.8, 4) is 0 Å². The maximum atomic E-state index is 11.1. The van der Waals surface area contributed by atoms with E-state index in [-0.39, 0.29) is 30.0 Å². The van der Waals surface area contributed by atoms with E-state index in [9.17, 15) is 8.42 Å². The summed E-state index contributed by atoms with van der Waals surface area (Å²) in [7, 11) is -3.39. The Morgan fingerprint density at radius 2 is 1.88 bits per heavy atom. The third kappa shape index (κ3) is 3.96. The first-order chi connectivity index (χ1) is 7.56. The molecule has 17 heavy (non-hydrogen) atoms. The number of halogens is 1. The predicted molar refractivity (Wildman–Crippen MR) is 70.8 cm³/mol. The molecule has 6 heteroatoms. The number of nitrogens with two attached hydrogens (primary N) is 1. The lowest BCUT2D eigenvalue weighted by molar-refractivity contribution is 0.543. The van der Waals surface area contributed by atoms with E-state index in [0.29, 0.717) is 0 Å². The van der Waals surface area contributed by atoms with Gasteiger partial charge in [-0.05, 0) is 18.0 Å². The average molecular weight is 277 g/mol. The number of benzene rings is 1. The van der Waals surface area contributed by atoms with Crippen molar-refractivity contribution >= 4 is 22.4 Å². The Kier molecular flexibility index (Phi) is 4.94. The van der Waals surface area contributed by atoms with Gasteiger partial charge in [0, 0.05) is 12.5 Å². The standard InChI is InChI=1S/C11H16N2O2S.ClH/c12-16(14,15)8-10-6-13-7-11(10)9-4-2-1-3-5-9;/h1-5,10-11,13H,6-8H2,(H2,12,14,15);1H. The Labute approximate surface area is 108 Å². The first-order valence-corrected chi connectivity index (χ1v) is 7.04. The molecule has 2 rings (SSSR count). The van der Waals surface area contributed by atoms with Gasteiger partial charge >= 0.3 is 0 Å². The van der Waals surface area contributed by atoms with E-state index >= 15 is 0 Å². The molecule has 0 radical (unpaired) electrons. The van der Waals surface area contributed by atoms with Gasteiger partial charge in [-0.25, -0.2) is 13.6 Å². The maximum absolute atomic E-state index is 11.1. The smallest absolute Gasteiger partial charge is 0.209 e. The van der Waals surface area contributed by atoms with Crippen LogP contribution in [0.1, 0.15) is 11.5 Å². The van der Waals surface area contributed by atoms with Gasteiger partial charge in [-0.3, -0.25) is 0 Å². The fourth-order valence-electron chi connectivity index (χ4n) is 2.30. The first-order valence-electron chi connectivity index (χ1n) is 5.32. The van der Waals surface area contributed by atoms with Crippen LogP contribution in [0.4, 0.5) is 0 Å². The first kappa shape index (κ1) is 14.4. The van der Waals surface area contributed by atoms with Crippen LogP contribution >= 0.6 is 12.4 Å². The van der Waals surface area contributed by atoms with Gasteiger partial charge in [0.1, 0.15) is 0 Å². The van der Waals surface area contributed by atoms with Gasteiger partial charge in [0.25, 0.3) is 0 Å². The lowest BCUT2D eigenvalue weighted by Crippen LogP contribution is -2.26. The average Bonchev–Trinajstić information content (AvgIpc) is 2.64. The van der Waals surface area contributed by atoms with Crippen LogP contribution in [0.25, 0.3) is 0 Å². The minimum Gasteiger partial charge on any atom is -0.316 e. The molecule has 2 unspecified atom stereocenters. The molecule has 4 nitrogen and oxygen atoms in total. The van der Waals surface area contributed by atoms with Gasteiger partial charge < -0.3 is 5.32 Å². The maximum Gasteiger partial charge on any atom is 0.209 e. The van der Waals surface area contributed by atoms with E-state index in [4.69, 9.17) is 5.14 Å². The van der Waals surface area contributed by atoms with Gasteiger partial charge in [-0.1, -0.05) is 30.3 Å². The van der Waals surface area contributed by atoms with Crippen molar-refractivity contribution in [1.29, 1.82) is 0 Å². The Morgan fingerprint density at radius 1 is 1.24 bits per heavy atom. The molecule has 1 aliphatic rings. The second-order valence-electron chi connectivity index (χ2n) is 4.27. The molecule has 1 aromatic rings. The molecule has 2 atom stereocenters. The molecule has 1 heterocycles. The number of primary sulfonamides is 1. The van der Waals surface area contributed by atoms with Crippen LogP contribution in [0.15, 0.2) is 30.3 Å². The molecule has 0 saturated carbocycles. The molecule has 0 aromatic heterocycles. The van der Waals surface area contributed by atoms with Crippen LogP contribution < -0.4 is 10.5 Å². The number of nitrogens with one attached hydrogen (secondary N) is 1. The lowest BCUT2D eigenvalue weighted by atomic mass is 9.90.